The molecule has 7 heteroatoms. The van der Waals surface area contributed by atoms with Gasteiger partial charge < -0.3 is 15.2 Å². The highest BCUT2D eigenvalue weighted by Crippen LogP contribution is 2.21. The van der Waals surface area contributed by atoms with Gasteiger partial charge in [-0.1, -0.05) is 11.6 Å². The Balaban J connectivity index is 2.47. The molecular weight excluding hydrogens is 280 g/mol. The van der Waals surface area contributed by atoms with E-state index in [2.05, 4.69) is 15.6 Å². The third-order valence-electron chi connectivity index (χ3n) is 2.73. The maximum atomic E-state index is 12.0. The second kappa shape index (κ2) is 5.75. The molecule has 0 aliphatic heterocycles. The minimum Gasteiger partial charge on any atom is -0.355 e. The molecule has 2 aromatic rings. The lowest BCUT2D eigenvalue weighted by Gasteiger charge is -2.11. The number of carbonyl (C=O) groups excluding carboxylic acids is 1. The normalized spacial score (nSPS) is 10.2. The minimum absolute atomic E-state index is 0.205. The fourth-order valence-corrected chi connectivity index (χ4v) is 1.84. The Bertz CT molecular complexity index is 712. The van der Waals surface area contributed by atoms with Crippen molar-refractivity contribution in [2.75, 3.05) is 12.4 Å². The van der Waals surface area contributed by atoms with Gasteiger partial charge in [0.05, 0.1) is 11.3 Å². The van der Waals surface area contributed by atoms with Crippen LogP contribution in [-0.4, -0.2) is 22.5 Å². The third kappa shape index (κ3) is 2.80. The number of nitrogens with one attached hydrogen (secondary N) is 2. The van der Waals surface area contributed by atoms with Gasteiger partial charge in [0.15, 0.2) is 0 Å². The van der Waals surface area contributed by atoms with Crippen LogP contribution in [0.1, 0.15) is 10.4 Å². The Hall–Kier alpha value is -2.34. The molecule has 0 bridgehead atoms. The van der Waals surface area contributed by atoms with Crippen LogP contribution in [0.2, 0.25) is 5.15 Å². The van der Waals surface area contributed by atoms with Crippen LogP contribution in [0.15, 0.2) is 35.4 Å². The van der Waals surface area contributed by atoms with E-state index in [1.807, 2.05) is 0 Å². The van der Waals surface area contributed by atoms with E-state index in [0.29, 0.717) is 16.9 Å². The Morgan fingerprint density at radius 2 is 2.15 bits per heavy atom. The van der Waals surface area contributed by atoms with E-state index >= 15 is 0 Å². The average molecular weight is 293 g/mol. The number of anilines is 2. The maximum absolute atomic E-state index is 12.0. The van der Waals surface area contributed by atoms with E-state index in [9.17, 15) is 9.59 Å². The Kier molecular flexibility index (Phi) is 4.05. The Morgan fingerprint density at radius 3 is 2.85 bits per heavy atom. The van der Waals surface area contributed by atoms with Crippen LogP contribution >= 0.6 is 11.6 Å². The van der Waals surface area contributed by atoms with Crippen molar-refractivity contribution in [2.24, 2.45) is 7.05 Å². The molecule has 0 aliphatic rings. The van der Waals surface area contributed by atoms with Crippen molar-refractivity contribution in [1.82, 2.24) is 14.9 Å². The van der Waals surface area contributed by atoms with Gasteiger partial charge in [0.25, 0.3) is 11.5 Å². The molecule has 0 radical (unpaired) electrons. The molecule has 2 aromatic heterocycles. The lowest BCUT2D eigenvalue weighted by molar-refractivity contribution is 0.0963. The Labute approximate surface area is 120 Å². The van der Waals surface area contributed by atoms with Gasteiger partial charge in [-0.3, -0.25) is 9.59 Å². The van der Waals surface area contributed by atoms with E-state index in [1.165, 1.54) is 23.9 Å². The molecule has 2 N–H and O–H groups in total. The summed E-state index contributed by atoms with van der Waals surface area (Å²) in [6, 6.07) is 4.86. The summed E-state index contributed by atoms with van der Waals surface area (Å²) in [5.41, 5.74) is 0.876. The molecule has 0 spiro atoms. The van der Waals surface area contributed by atoms with Crippen LogP contribution in [0.4, 0.5) is 11.4 Å². The largest absolute Gasteiger partial charge is 0.355 e. The number of halogens is 1. The minimum atomic E-state index is -0.315. The predicted octanol–water partition coefficient (Wildman–Crippen LogP) is 1.54. The molecule has 2 heterocycles. The summed E-state index contributed by atoms with van der Waals surface area (Å²) in [5.74, 6) is -0.315. The van der Waals surface area contributed by atoms with Crippen LogP contribution in [-0.2, 0) is 7.05 Å². The molecule has 0 atom stereocenters. The SMILES string of the molecule is CNC(=O)c1cnc(Cl)cc1Nc1cccn(C)c1=O. The molecule has 0 fully saturated rings. The number of nitrogens with zero attached hydrogens (tertiary/aromatic N) is 2. The summed E-state index contributed by atoms with van der Waals surface area (Å²) in [4.78, 5) is 27.6. The number of amides is 1. The van der Waals surface area contributed by atoms with Gasteiger partial charge in [0.1, 0.15) is 10.8 Å². The number of carbonyl (C=O) groups is 1. The fraction of sp³-hybridized carbons (Fsp3) is 0.154. The lowest BCUT2D eigenvalue weighted by Crippen LogP contribution is -2.22. The summed E-state index contributed by atoms with van der Waals surface area (Å²) in [5, 5.41) is 5.66. The van der Waals surface area contributed by atoms with Crippen molar-refractivity contribution in [1.29, 1.82) is 0 Å². The van der Waals surface area contributed by atoms with Gasteiger partial charge in [0, 0.05) is 26.5 Å². The predicted molar refractivity (Wildman–Crippen MR) is 77.6 cm³/mol. The first kappa shape index (κ1) is 14.1. The monoisotopic (exact) mass is 292 g/mol. The molecule has 1 amide bonds. The standard InChI is InChI=1S/C13H13ClN4O2/c1-15-12(19)8-7-16-11(14)6-10(8)17-9-4-3-5-18(2)13(9)20/h3-7H,1-2H3,(H,15,19)(H,16,17). The lowest BCUT2D eigenvalue weighted by atomic mass is 10.2. The van der Waals surface area contributed by atoms with E-state index in [0.717, 1.165) is 0 Å². The van der Waals surface area contributed by atoms with Crippen LogP contribution in [0, 0.1) is 0 Å². The van der Waals surface area contributed by atoms with Crippen molar-refractivity contribution in [3.05, 3.63) is 51.7 Å². The zero-order valence-electron chi connectivity index (χ0n) is 11.0. The first-order valence-corrected chi connectivity index (χ1v) is 6.21. The molecule has 6 nitrogen and oxygen atoms in total. The molecule has 104 valence electrons. The van der Waals surface area contributed by atoms with E-state index in [1.54, 1.807) is 25.4 Å². The van der Waals surface area contributed by atoms with Gasteiger partial charge in [0.2, 0.25) is 0 Å². The van der Waals surface area contributed by atoms with Gasteiger partial charge in [-0.05, 0) is 18.2 Å². The van der Waals surface area contributed by atoms with Gasteiger partial charge >= 0.3 is 0 Å². The van der Waals surface area contributed by atoms with Crippen molar-refractivity contribution < 1.29 is 4.79 Å². The summed E-state index contributed by atoms with van der Waals surface area (Å²) >= 11 is 5.84. The van der Waals surface area contributed by atoms with Crippen molar-refractivity contribution in [3.8, 4) is 0 Å². The van der Waals surface area contributed by atoms with Crippen molar-refractivity contribution >= 4 is 28.9 Å². The molecule has 0 aliphatic carbocycles. The van der Waals surface area contributed by atoms with Crippen LogP contribution in [0.5, 0.6) is 0 Å². The maximum Gasteiger partial charge on any atom is 0.273 e. The Morgan fingerprint density at radius 1 is 1.40 bits per heavy atom. The van der Waals surface area contributed by atoms with Crippen LogP contribution < -0.4 is 16.2 Å². The molecule has 0 unspecified atom stereocenters. The average Bonchev–Trinajstić information content (AvgIpc) is 2.43. The summed E-state index contributed by atoms with van der Waals surface area (Å²) in [6.45, 7) is 0. The highest BCUT2D eigenvalue weighted by Gasteiger charge is 2.13. The van der Waals surface area contributed by atoms with Crippen LogP contribution in [0.3, 0.4) is 0 Å². The second-order valence-corrected chi connectivity index (χ2v) is 4.48. The smallest absolute Gasteiger partial charge is 0.273 e. The topological polar surface area (TPSA) is 76.0 Å². The number of hydrogen-bond donors (Lipinski definition) is 2. The summed E-state index contributed by atoms with van der Waals surface area (Å²) in [7, 11) is 3.16. The molecule has 20 heavy (non-hydrogen) atoms. The highest BCUT2D eigenvalue weighted by molar-refractivity contribution is 6.29. The molecule has 0 aromatic carbocycles. The number of hydrogen-bond acceptors (Lipinski definition) is 4. The van der Waals surface area contributed by atoms with Crippen molar-refractivity contribution in [2.45, 2.75) is 0 Å². The molecule has 0 saturated carbocycles. The quantitative estimate of drug-likeness (QED) is 0.841. The van der Waals surface area contributed by atoms with Crippen molar-refractivity contribution in [3.63, 3.8) is 0 Å². The summed E-state index contributed by atoms with van der Waals surface area (Å²) in [6.07, 6.45) is 3.00. The van der Waals surface area contributed by atoms with Gasteiger partial charge in [-0.2, -0.15) is 0 Å². The highest BCUT2D eigenvalue weighted by atomic mass is 35.5. The number of rotatable bonds is 3. The van der Waals surface area contributed by atoms with E-state index in [4.69, 9.17) is 11.6 Å². The zero-order chi connectivity index (χ0) is 14.7. The van der Waals surface area contributed by atoms with Crippen LogP contribution in [0.25, 0.3) is 0 Å². The zero-order valence-corrected chi connectivity index (χ0v) is 11.7. The molecule has 2 rings (SSSR count). The fourth-order valence-electron chi connectivity index (χ4n) is 1.69. The van der Waals surface area contributed by atoms with E-state index < -0.39 is 0 Å². The van der Waals surface area contributed by atoms with E-state index in [-0.39, 0.29) is 16.6 Å². The summed E-state index contributed by atoms with van der Waals surface area (Å²) < 4.78 is 1.44. The first-order chi connectivity index (χ1) is 9.52. The molecular formula is C13H13ClN4O2. The molecule has 0 saturated heterocycles. The first-order valence-electron chi connectivity index (χ1n) is 5.83. The number of aromatic nitrogens is 2. The van der Waals surface area contributed by atoms with Gasteiger partial charge in [-0.25, -0.2) is 4.98 Å². The third-order valence-corrected chi connectivity index (χ3v) is 2.94. The second-order valence-electron chi connectivity index (χ2n) is 4.09. The number of aryl methyl sites for hydroxylation is 1. The number of pyridine rings is 2. The van der Waals surface area contributed by atoms with Gasteiger partial charge in [-0.15, -0.1) is 0 Å².